The van der Waals surface area contributed by atoms with E-state index in [0.29, 0.717) is 26.0 Å². The molecule has 0 aliphatic heterocycles. The number of carbonyl (C=O) groups is 1. The van der Waals surface area contributed by atoms with Crippen LogP contribution in [0.4, 0.5) is 5.82 Å². The summed E-state index contributed by atoms with van der Waals surface area (Å²) in [6.07, 6.45) is 4.47. The van der Waals surface area contributed by atoms with Crippen LogP contribution < -0.4 is 4.90 Å². The van der Waals surface area contributed by atoms with E-state index in [4.69, 9.17) is 4.74 Å². The summed E-state index contributed by atoms with van der Waals surface area (Å²) >= 11 is 0. The number of likely N-dealkylation sites (N-methyl/N-ethyl adjacent to an activating group) is 1. The molecule has 5 nitrogen and oxygen atoms in total. The van der Waals surface area contributed by atoms with E-state index in [1.807, 2.05) is 37.1 Å². The van der Waals surface area contributed by atoms with Crippen LogP contribution in [-0.2, 0) is 9.53 Å². The predicted octanol–water partition coefficient (Wildman–Crippen LogP) is 2.00. The van der Waals surface area contributed by atoms with Crippen molar-refractivity contribution in [2.75, 3.05) is 25.1 Å². The van der Waals surface area contributed by atoms with Crippen LogP contribution in [0.25, 0.3) is 0 Å². The molecule has 21 heavy (non-hydrogen) atoms. The third kappa shape index (κ3) is 3.73. The lowest BCUT2D eigenvalue weighted by Gasteiger charge is -2.36. The third-order valence-corrected chi connectivity index (χ3v) is 4.33. The number of ether oxygens (including phenoxy) is 1. The van der Waals surface area contributed by atoms with Gasteiger partial charge in [-0.25, -0.2) is 4.98 Å². The van der Waals surface area contributed by atoms with Gasteiger partial charge in [0.1, 0.15) is 12.4 Å². The van der Waals surface area contributed by atoms with E-state index in [1.54, 1.807) is 6.20 Å². The lowest BCUT2D eigenvalue weighted by atomic mass is 9.73. The number of esters is 1. The number of hydrogen-bond acceptors (Lipinski definition) is 5. The number of rotatable bonds is 5. The summed E-state index contributed by atoms with van der Waals surface area (Å²) in [6.45, 7) is 2.69. The van der Waals surface area contributed by atoms with Crippen LogP contribution in [-0.4, -0.2) is 42.4 Å². The van der Waals surface area contributed by atoms with Crippen molar-refractivity contribution in [3.05, 3.63) is 24.4 Å². The number of aliphatic hydroxyl groups is 1. The molecular formula is C16H24N2O3. The molecule has 1 saturated carbocycles. The standard InChI is InChI=1S/C16H24N2O3/c1-16(9-5-3-7-13(16)19)15(20)21-12-11-18(2)14-8-4-6-10-17-14/h4,6,8,10,13,19H,3,5,7,9,11-12H2,1-2H3/t13-,16+/m0/s1. The van der Waals surface area contributed by atoms with E-state index >= 15 is 0 Å². The average Bonchev–Trinajstić information content (AvgIpc) is 2.51. The van der Waals surface area contributed by atoms with E-state index in [0.717, 1.165) is 18.7 Å². The van der Waals surface area contributed by atoms with Gasteiger partial charge < -0.3 is 14.7 Å². The average molecular weight is 292 g/mol. The highest BCUT2D eigenvalue weighted by Gasteiger charge is 2.43. The zero-order valence-corrected chi connectivity index (χ0v) is 12.8. The zero-order valence-electron chi connectivity index (χ0n) is 12.8. The minimum absolute atomic E-state index is 0.288. The second kappa shape index (κ2) is 6.89. The molecule has 1 aromatic heterocycles. The fourth-order valence-corrected chi connectivity index (χ4v) is 2.69. The van der Waals surface area contributed by atoms with Gasteiger partial charge in [0.25, 0.3) is 0 Å². The van der Waals surface area contributed by atoms with E-state index in [2.05, 4.69) is 4.98 Å². The van der Waals surface area contributed by atoms with Gasteiger partial charge in [0.15, 0.2) is 0 Å². The highest BCUT2D eigenvalue weighted by Crippen LogP contribution is 2.37. The van der Waals surface area contributed by atoms with Crippen LogP contribution in [0.1, 0.15) is 32.6 Å². The van der Waals surface area contributed by atoms with Gasteiger partial charge >= 0.3 is 5.97 Å². The quantitative estimate of drug-likeness (QED) is 0.841. The molecule has 1 aliphatic rings. The Kier molecular flexibility index (Phi) is 5.17. The van der Waals surface area contributed by atoms with Gasteiger partial charge in [-0.2, -0.15) is 0 Å². The summed E-state index contributed by atoms with van der Waals surface area (Å²) in [5.74, 6) is 0.557. The topological polar surface area (TPSA) is 62.7 Å². The summed E-state index contributed by atoms with van der Waals surface area (Å²) < 4.78 is 5.38. The van der Waals surface area contributed by atoms with Crippen molar-refractivity contribution in [3.63, 3.8) is 0 Å². The van der Waals surface area contributed by atoms with Gasteiger partial charge in [0, 0.05) is 13.2 Å². The Morgan fingerprint density at radius 3 is 3.00 bits per heavy atom. The molecule has 116 valence electrons. The first-order valence-electron chi connectivity index (χ1n) is 7.51. The molecule has 0 unspecified atom stereocenters. The van der Waals surface area contributed by atoms with Gasteiger partial charge in [-0.1, -0.05) is 18.9 Å². The molecule has 0 spiro atoms. The maximum atomic E-state index is 12.2. The van der Waals surface area contributed by atoms with Gasteiger partial charge in [0.05, 0.1) is 18.1 Å². The summed E-state index contributed by atoms with van der Waals surface area (Å²) in [6, 6.07) is 5.70. The molecule has 0 bridgehead atoms. The first-order valence-corrected chi connectivity index (χ1v) is 7.51. The van der Waals surface area contributed by atoms with Crippen molar-refractivity contribution in [1.82, 2.24) is 4.98 Å². The van der Waals surface area contributed by atoms with Crippen molar-refractivity contribution >= 4 is 11.8 Å². The van der Waals surface area contributed by atoms with Crippen molar-refractivity contribution in [3.8, 4) is 0 Å². The molecule has 0 aromatic carbocycles. The Bertz CT molecular complexity index is 466. The molecule has 5 heteroatoms. The van der Waals surface area contributed by atoms with Crippen LogP contribution >= 0.6 is 0 Å². The number of nitrogens with zero attached hydrogens (tertiary/aromatic N) is 2. The molecule has 2 atom stereocenters. The molecular weight excluding hydrogens is 268 g/mol. The van der Waals surface area contributed by atoms with Gasteiger partial charge in [-0.3, -0.25) is 4.79 Å². The zero-order chi connectivity index (χ0) is 15.3. The Morgan fingerprint density at radius 2 is 2.33 bits per heavy atom. The first kappa shape index (κ1) is 15.8. The second-order valence-corrected chi connectivity index (χ2v) is 5.92. The smallest absolute Gasteiger partial charge is 0.314 e. The van der Waals surface area contributed by atoms with Crippen LogP contribution in [0.5, 0.6) is 0 Å². The van der Waals surface area contributed by atoms with E-state index in [9.17, 15) is 9.90 Å². The summed E-state index contributed by atoms with van der Waals surface area (Å²) in [4.78, 5) is 18.4. The summed E-state index contributed by atoms with van der Waals surface area (Å²) in [5.41, 5.74) is -0.748. The minimum Gasteiger partial charge on any atom is -0.463 e. The Balaban J connectivity index is 1.81. The molecule has 1 aromatic rings. The Labute approximate surface area is 125 Å². The highest BCUT2D eigenvalue weighted by atomic mass is 16.5. The monoisotopic (exact) mass is 292 g/mol. The summed E-state index contributed by atoms with van der Waals surface area (Å²) in [7, 11) is 1.91. The van der Waals surface area contributed by atoms with Crippen molar-refractivity contribution < 1.29 is 14.6 Å². The number of hydrogen-bond donors (Lipinski definition) is 1. The normalized spacial score (nSPS) is 25.4. The maximum absolute atomic E-state index is 12.2. The van der Waals surface area contributed by atoms with Crippen LogP contribution in [0.3, 0.4) is 0 Å². The lowest BCUT2D eigenvalue weighted by molar-refractivity contribution is -0.164. The number of pyridine rings is 1. The third-order valence-electron chi connectivity index (χ3n) is 4.33. The van der Waals surface area contributed by atoms with E-state index in [1.165, 1.54) is 0 Å². The molecule has 2 rings (SSSR count). The lowest BCUT2D eigenvalue weighted by Crippen LogP contribution is -2.44. The first-order chi connectivity index (χ1) is 10.0. The largest absolute Gasteiger partial charge is 0.463 e. The van der Waals surface area contributed by atoms with E-state index < -0.39 is 11.5 Å². The second-order valence-electron chi connectivity index (χ2n) is 5.92. The number of anilines is 1. The summed E-state index contributed by atoms with van der Waals surface area (Å²) in [5, 5.41) is 10.1. The van der Waals surface area contributed by atoms with Gasteiger partial charge in [-0.15, -0.1) is 0 Å². The number of carbonyl (C=O) groups excluding carboxylic acids is 1. The molecule has 0 amide bonds. The van der Waals surface area contributed by atoms with Crippen molar-refractivity contribution in [1.29, 1.82) is 0 Å². The highest BCUT2D eigenvalue weighted by molar-refractivity contribution is 5.77. The Hall–Kier alpha value is -1.62. The van der Waals surface area contributed by atoms with Crippen molar-refractivity contribution in [2.24, 2.45) is 5.41 Å². The van der Waals surface area contributed by atoms with Gasteiger partial charge in [-0.05, 0) is 31.9 Å². The molecule has 1 N–H and O–H groups in total. The van der Waals surface area contributed by atoms with Crippen molar-refractivity contribution in [2.45, 2.75) is 38.7 Å². The Morgan fingerprint density at radius 1 is 1.52 bits per heavy atom. The van der Waals surface area contributed by atoms with Crippen LogP contribution in [0, 0.1) is 5.41 Å². The fraction of sp³-hybridized carbons (Fsp3) is 0.625. The molecule has 1 heterocycles. The maximum Gasteiger partial charge on any atom is 0.314 e. The SMILES string of the molecule is CN(CCOC(=O)[C@]1(C)CCCC[C@@H]1O)c1ccccn1. The number of aromatic nitrogens is 1. The van der Waals surface area contributed by atoms with E-state index in [-0.39, 0.29) is 5.97 Å². The molecule has 0 radical (unpaired) electrons. The van der Waals surface area contributed by atoms with Crippen LogP contribution in [0.2, 0.25) is 0 Å². The molecule has 1 aliphatic carbocycles. The van der Waals surface area contributed by atoms with Gasteiger partial charge in [0.2, 0.25) is 0 Å². The molecule has 0 saturated heterocycles. The predicted molar refractivity (Wildman–Crippen MR) is 81.0 cm³/mol. The molecule has 1 fully saturated rings. The minimum atomic E-state index is -0.748. The number of aliphatic hydroxyl groups excluding tert-OH is 1. The fourth-order valence-electron chi connectivity index (χ4n) is 2.69. The van der Waals surface area contributed by atoms with Crippen LogP contribution in [0.15, 0.2) is 24.4 Å².